The van der Waals surface area contributed by atoms with E-state index in [4.69, 9.17) is 9.72 Å². The summed E-state index contributed by atoms with van der Waals surface area (Å²) in [4.78, 5) is 17.8. The number of hydrazone groups is 1. The number of amides is 1. The van der Waals surface area contributed by atoms with Crippen LogP contribution in [0, 0.1) is 0 Å². The Hall–Kier alpha value is -4.45. The molecule has 0 radical (unpaired) electrons. The number of allylic oxidation sites excluding steroid dienone is 1. The number of phenolic OH excluding ortho intramolecular Hbond substituents is 1. The van der Waals surface area contributed by atoms with Crippen molar-refractivity contribution in [3.05, 3.63) is 102 Å². The Morgan fingerprint density at radius 1 is 1.12 bits per heavy atom. The fraction of sp³-hybridized carbons (Fsp3) is 0.107. The van der Waals surface area contributed by atoms with Gasteiger partial charge in [-0.25, -0.2) is 10.4 Å². The first-order valence-electron chi connectivity index (χ1n) is 11.0. The fourth-order valence-corrected chi connectivity index (χ4v) is 3.69. The number of benzene rings is 3. The lowest BCUT2D eigenvalue weighted by Gasteiger charge is -2.11. The third-order valence-corrected chi connectivity index (χ3v) is 5.25. The van der Waals surface area contributed by atoms with E-state index in [0.29, 0.717) is 41.2 Å². The number of hydrogen-bond acceptors (Lipinski definition) is 5. The maximum atomic E-state index is 13.1. The van der Waals surface area contributed by atoms with Crippen LogP contribution in [0.2, 0.25) is 0 Å². The fourth-order valence-electron chi connectivity index (χ4n) is 3.69. The molecule has 0 aliphatic rings. The van der Waals surface area contributed by atoms with Crippen molar-refractivity contribution in [3.8, 4) is 22.8 Å². The van der Waals surface area contributed by atoms with Gasteiger partial charge in [0, 0.05) is 16.5 Å². The molecule has 4 aromatic rings. The number of hydrogen-bond donors (Lipinski definition) is 2. The summed E-state index contributed by atoms with van der Waals surface area (Å²) >= 11 is 0. The summed E-state index contributed by atoms with van der Waals surface area (Å²) < 4.78 is 5.52. The number of rotatable bonds is 8. The van der Waals surface area contributed by atoms with Gasteiger partial charge in [-0.15, -0.1) is 6.58 Å². The van der Waals surface area contributed by atoms with Crippen LogP contribution in [0.5, 0.6) is 11.5 Å². The van der Waals surface area contributed by atoms with Crippen LogP contribution in [0.3, 0.4) is 0 Å². The molecule has 1 amide bonds. The monoisotopic (exact) mass is 451 g/mol. The van der Waals surface area contributed by atoms with Crippen LogP contribution in [0.25, 0.3) is 22.2 Å². The molecule has 0 aliphatic heterocycles. The maximum Gasteiger partial charge on any atom is 0.272 e. The first kappa shape index (κ1) is 22.7. The summed E-state index contributed by atoms with van der Waals surface area (Å²) in [6, 6.07) is 22.5. The van der Waals surface area contributed by atoms with E-state index in [1.54, 1.807) is 24.3 Å². The highest BCUT2D eigenvalue weighted by atomic mass is 16.5. The van der Waals surface area contributed by atoms with Crippen LogP contribution in [-0.4, -0.2) is 28.8 Å². The average Bonchev–Trinajstić information content (AvgIpc) is 2.86. The molecule has 0 saturated heterocycles. The number of fused-ring (bicyclic) bond motifs is 1. The highest BCUT2D eigenvalue weighted by Gasteiger charge is 2.14. The molecule has 0 saturated carbocycles. The molecular formula is C28H25N3O3. The molecule has 0 spiro atoms. The van der Waals surface area contributed by atoms with E-state index in [1.165, 1.54) is 6.21 Å². The van der Waals surface area contributed by atoms with Gasteiger partial charge in [0.2, 0.25) is 0 Å². The van der Waals surface area contributed by atoms with Crippen LogP contribution in [0.1, 0.15) is 28.4 Å². The summed E-state index contributed by atoms with van der Waals surface area (Å²) in [5.41, 5.74) is 6.81. The third kappa shape index (κ3) is 4.96. The van der Waals surface area contributed by atoms with Crippen LogP contribution >= 0.6 is 0 Å². The molecule has 1 aromatic heterocycles. The molecular weight excluding hydrogens is 426 g/mol. The first-order valence-corrected chi connectivity index (χ1v) is 11.0. The van der Waals surface area contributed by atoms with E-state index in [9.17, 15) is 9.90 Å². The van der Waals surface area contributed by atoms with Crippen molar-refractivity contribution in [1.29, 1.82) is 0 Å². The van der Waals surface area contributed by atoms with Gasteiger partial charge >= 0.3 is 0 Å². The molecule has 2 N–H and O–H groups in total. The van der Waals surface area contributed by atoms with Gasteiger partial charge in [0.25, 0.3) is 5.91 Å². The number of phenols is 1. The molecule has 0 fully saturated rings. The second kappa shape index (κ2) is 10.4. The average molecular weight is 452 g/mol. The number of aromatic hydroxyl groups is 1. The van der Waals surface area contributed by atoms with Crippen molar-refractivity contribution < 1.29 is 14.6 Å². The molecule has 170 valence electrons. The zero-order chi connectivity index (χ0) is 23.9. The Morgan fingerprint density at radius 3 is 2.65 bits per heavy atom. The minimum Gasteiger partial charge on any atom is -0.504 e. The first-order chi connectivity index (χ1) is 16.6. The predicted octanol–water partition coefficient (Wildman–Crippen LogP) is 5.50. The predicted molar refractivity (Wildman–Crippen MR) is 135 cm³/mol. The van der Waals surface area contributed by atoms with E-state index in [-0.39, 0.29) is 11.7 Å². The molecule has 0 unspecified atom stereocenters. The number of pyridine rings is 1. The Balaban J connectivity index is 1.63. The zero-order valence-corrected chi connectivity index (χ0v) is 18.9. The standard InChI is InChI=1S/C28H25N3O3/c1-3-10-21-15-19(16-26(27(21)32)34-4-2)18-29-31-28(33)23-17-25(20-11-6-5-7-12-20)30-24-14-9-8-13-22(23)24/h3,5-9,11-18,32H,1,4,10H2,2H3,(H,31,33)/b29-18+. The highest BCUT2D eigenvalue weighted by molar-refractivity contribution is 6.07. The topological polar surface area (TPSA) is 83.8 Å². The van der Waals surface area contributed by atoms with Gasteiger partial charge in [-0.2, -0.15) is 5.10 Å². The number of carbonyl (C=O) groups is 1. The zero-order valence-electron chi connectivity index (χ0n) is 18.9. The third-order valence-electron chi connectivity index (χ3n) is 5.25. The number of nitrogens with zero attached hydrogens (tertiary/aromatic N) is 2. The van der Waals surface area contributed by atoms with Gasteiger partial charge in [-0.05, 0) is 43.2 Å². The molecule has 0 bridgehead atoms. The molecule has 6 heteroatoms. The van der Waals surface area contributed by atoms with E-state index >= 15 is 0 Å². The molecule has 6 nitrogen and oxygen atoms in total. The largest absolute Gasteiger partial charge is 0.504 e. The van der Waals surface area contributed by atoms with Crippen LogP contribution in [0.15, 0.2) is 90.6 Å². The quantitative estimate of drug-likeness (QED) is 0.211. The molecule has 3 aromatic carbocycles. The van der Waals surface area contributed by atoms with E-state index in [0.717, 1.165) is 16.5 Å². The number of para-hydroxylation sites is 1. The van der Waals surface area contributed by atoms with E-state index in [1.807, 2.05) is 61.5 Å². The molecule has 34 heavy (non-hydrogen) atoms. The van der Waals surface area contributed by atoms with Crippen molar-refractivity contribution in [1.82, 2.24) is 10.4 Å². The molecule has 4 rings (SSSR count). The van der Waals surface area contributed by atoms with Gasteiger partial charge in [0.1, 0.15) is 0 Å². The van der Waals surface area contributed by atoms with Gasteiger partial charge in [-0.1, -0.05) is 54.6 Å². The van der Waals surface area contributed by atoms with Crippen molar-refractivity contribution in [2.75, 3.05) is 6.61 Å². The van der Waals surface area contributed by atoms with E-state index < -0.39 is 0 Å². The van der Waals surface area contributed by atoms with Crippen molar-refractivity contribution in [2.45, 2.75) is 13.3 Å². The van der Waals surface area contributed by atoms with E-state index in [2.05, 4.69) is 17.1 Å². The Labute approximate surface area is 198 Å². The molecule has 0 atom stereocenters. The van der Waals surface area contributed by atoms with Crippen molar-refractivity contribution in [2.24, 2.45) is 5.10 Å². The number of ether oxygens (including phenoxy) is 1. The van der Waals surface area contributed by atoms with Gasteiger partial charge in [-0.3, -0.25) is 4.79 Å². The molecule has 1 heterocycles. The normalized spacial score (nSPS) is 11.0. The second-order valence-corrected chi connectivity index (χ2v) is 7.59. The van der Waals surface area contributed by atoms with Gasteiger partial charge in [0.05, 0.1) is 29.6 Å². The minimum absolute atomic E-state index is 0.0830. The Kier molecular flexibility index (Phi) is 6.98. The Bertz CT molecular complexity index is 1360. The lowest BCUT2D eigenvalue weighted by molar-refractivity contribution is 0.0956. The summed E-state index contributed by atoms with van der Waals surface area (Å²) in [5, 5.41) is 15.3. The van der Waals surface area contributed by atoms with Gasteiger partial charge < -0.3 is 9.84 Å². The number of aromatic nitrogens is 1. The van der Waals surface area contributed by atoms with Crippen LogP contribution < -0.4 is 10.2 Å². The summed E-state index contributed by atoms with van der Waals surface area (Å²) in [6.07, 6.45) is 3.70. The van der Waals surface area contributed by atoms with Crippen molar-refractivity contribution in [3.63, 3.8) is 0 Å². The van der Waals surface area contributed by atoms with Crippen molar-refractivity contribution >= 4 is 23.0 Å². The second-order valence-electron chi connectivity index (χ2n) is 7.59. The Morgan fingerprint density at radius 2 is 1.88 bits per heavy atom. The number of nitrogens with one attached hydrogen (secondary N) is 1. The van der Waals surface area contributed by atoms with Gasteiger partial charge in [0.15, 0.2) is 11.5 Å². The lowest BCUT2D eigenvalue weighted by atomic mass is 10.0. The van der Waals surface area contributed by atoms with Crippen LogP contribution in [-0.2, 0) is 6.42 Å². The molecule has 0 aliphatic carbocycles. The van der Waals surface area contributed by atoms with Crippen LogP contribution in [0.4, 0.5) is 0 Å². The summed E-state index contributed by atoms with van der Waals surface area (Å²) in [5.74, 6) is 0.101. The minimum atomic E-state index is -0.345. The summed E-state index contributed by atoms with van der Waals surface area (Å²) in [7, 11) is 0. The number of carbonyl (C=O) groups excluding carboxylic acids is 1. The highest BCUT2D eigenvalue weighted by Crippen LogP contribution is 2.32. The maximum absolute atomic E-state index is 13.1. The summed E-state index contributed by atoms with van der Waals surface area (Å²) in [6.45, 7) is 5.99. The lowest BCUT2D eigenvalue weighted by Crippen LogP contribution is -2.18. The SMILES string of the molecule is C=CCc1cc(/C=N/NC(=O)c2cc(-c3ccccc3)nc3ccccc23)cc(OCC)c1O. The smallest absolute Gasteiger partial charge is 0.272 e.